The zero-order valence-corrected chi connectivity index (χ0v) is 22.0. The molecule has 0 amide bonds. The Bertz CT molecular complexity index is 653. The molecular formula is C25H43BO9. The van der Waals surface area contributed by atoms with Gasteiger partial charge in [-0.3, -0.25) is 0 Å². The van der Waals surface area contributed by atoms with Gasteiger partial charge in [-0.2, -0.15) is 0 Å². The highest BCUT2D eigenvalue weighted by atomic mass is 16.7. The van der Waals surface area contributed by atoms with Gasteiger partial charge in [0.15, 0.2) is 0 Å². The molecule has 0 unspecified atom stereocenters. The first-order valence-electron chi connectivity index (χ1n) is 12.3. The SMILES string of the molecule is COCCOCCOCCOCCOCCOCCOc1ccc(B2OC(C)(C)C(C)(C)O2)cc1. The van der Waals surface area contributed by atoms with Crippen molar-refractivity contribution in [1.29, 1.82) is 0 Å². The maximum atomic E-state index is 6.07. The molecule has 9 nitrogen and oxygen atoms in total. The van der Waals surface area contributed by atoms with E-state index in [1.54, 1.807) is 7.11 Å². The second kappa shape index (κ2) is 16.5. The molecule has 1 aromatic carbocycles. The Kier molecular flexibility index (Phi) is 14.1. The van der Waals surface area contributed by atoms with E-state index in [2.05, 4.69) is 0 Å². The second-order valence-corrected chi connectivity index (χ2v) is 9.06. The minimum atomic E-state index is -0.368. The molecule has 0 N–H and O–H groups in total. The summed E-state index contributed by atoms with van der Waals surface area (Å²) < 4.78 is 49.9. The molecule has 0 aromatic heterocycles. The topological polar surface area (TPSA) is 83.1 Å². The fraction of sp³-hybridized carbons (Fsp3) is 0.760. The van der Waals surface area contributed by atoms with Gasteiger partial charge in [-0.15, -0.1) is 0 Å². The number of hydrogen-bond donors (Lipinski definition) is 0. The monoisotopic (exact) mass is 498 g/mol. The van der Waals surface area contributed by atoms with E-state index in [4.69, 9.17) is 42.5 Å². The lowest BCUT2D eigenvalue weighted by molar-refractivity contribution is -0.0159. The second-order valence-electron chi connectivity index (χ2n) is 9.06. The van der Waals surface area contributed by atoms with E-state index in [-0.39, 0.29) is 18.3 Å². The van der Waals surface area contributed by atoms with Crippen molar-refractivity contribution in [3.8, 4) is 5.75 Å². The number of rotatable bonds is 20. The predicted octanol–water partition coefficient (Wildman–Crippen LogP) is 2.09. The molecule has 0 aliphatic carbocycles. The Balaban J connectivity index is 1.38. The molecule has 0 spiro atoms. The Morgan fingerprint density at radius 2 is 0.943 bits per heavy atom. The Labute approximate surface area is 210 Å². The summed E-state index contributed by atoms with van der Waals surface area (Å²) in [4.78, 5) is 0. The first-order chi connectivity index (χ1) is 16.9. The van der Waals surface area contributed by atoms with Gasteiger partial charge in [0.05, 0.1) is 83.9 Å². The molecule has 1 fully saturated rings. The van der Waals surface area contributed by atoms with Gasteiger partial charge in [0.25, 0.3) is 0 Å². The Morgan fingerprint density at radius 1 is 0.571 bits per heavy atom. The zero-order valence-electron chi connectivity index (χ0n) is 22.0. The van der Waals surface area contributed by atoms with Crippen molar-refractivity contribution >= 4 is 12.6 Å². The van der Waals surface area contributed by atoms with Gasteiger partial charge in [-0.1, -0.05) is 12.1 Å². The highest BCUT2D eigenvalue weighted by molar-refractivity contribution is 6.62. The van der Waals surface area contributed by atoms with Crippen LogP contribution in [0.4, 0.5) is 0 Å². The van der Waals surface area contributed by atoms with E-state index in [9.17, 15) is 0 Å². The molecular weight excluding hydrogens is 455 g/mol. The summed E-state index contributed by atoms with van der Waals surface area (Å²) in [6, 6.07) is 7.79. The molecule has 1 aromatic rings. The summed E-state index contributed by atoms with van der Waals surface area (Å²) in [7, 11) is 1.28. The standard InChI is InChI=1S/C25H43BO9/c1-24(2)25(3,4)35-26(34-24)22-6-8-23(9-7-22)33-21-20-32-19-18-31-17-16-30-15-14-29-13-12-28-11-10-27-5/h6-9H,10-21H2,1-5H3. The molecule has 1 heterocycles. The van der Waals surface area contributed by atoms with Crippen LogP contribution in [0.15, 0.2) is 24.3 Å². The summed E-state index contributed by atoms with van der Waals surface area (Å²) in [6.45, 7) is 14.6. The van der Waals surface area contributed by atoms with E-state index in [0.717, 1.165) is 11.2 Å². The highest BCUT2D eigenvalue weighted by Gasteiger charge is 2.51. The van der Waals surface area contributed by atoms with Crippen molar-refractivity contribution < 1.29 is 42.5 Å². The molecule has 200 valence electrons. The first kappa shape index (κ1) is 30.0. The fourth-order valence-corrected chi connectivity index (χ4v) is 3.04. The van der Waals surface area contributed by atoms with Gasteiger partial charge in [0.1, 0.15) is 12.4 Å². The molecule has 0 radical (unpaired) electrons. The van der Waals surface area contributed by atoms with Gasteiger partial charge >= 0.3 is 7.12 Å². The molecule has 0 bridgehead atoms. The third-order valence-electron chi connectivity index (χ3n) is 5.82. The van der Waals surface area contributed by atoms with E-state index < -0.39 is 0 Å². The van der Waals surface area contributed by atoms with Crippen LogP contribution >= 0.6 is 0 Å². The van der Waals surface area contributed by atoms with Crippen molar-refractivity contribution in [3.05, 3.63) is 24.3 Å². The van der Waals surface area contributed by atoms with Crippen LogP contribution in [0.25, 0.3) is 0 Å². The fourth-order valence-electron chi connectivity index (χ4n) is 3.04. The molecule has 1 aliphatic rings. The maximum Gasteiger partial charge on any atom is 0.494 e. The normalized spacial score (nSPS) is 16.7. The molecule has 10 heteroatoms. The van der Waals surface area contributed by atoms with Crippen molar-refractivity contribution in [1.82, 2.24) is 0 Å². The summed E-state index contributed by atoms with van der Waals surface area (Å²) in [5.41, 5.74) is 0.274. The zero-order chi connectivity index (χ0) is 25.4. The quantitative estimate of drug-likeness (QED) is 0.198. The van der Waals surface area contributed by atoms with Crippen molar-refractivity contribution in [3.63, 3.8) is 0 Å². The first-order valence-corrected chi connectivity index (χ1v) is 12.3. The molecule has 2 rings (SSSR count). The molecule has 1 aliphatic heterocycles. The molecule has 0 atom stereocenters. The van der Waals surface area contributed by atoms with Crippen molar-refractivity contribution in [2.75, 3.05) is 86.4 Å². The Morgan fingerprint density at radius 3 is 1.34 bits per heavy atom. The van der Waals surface area contributed by atoms with Crippen molar-refractivity contribution in [2.45, 2.75) is 38.9 Å². The van der Waals surface area contributed by atoms with Crippen LogP contribution in [0, 0.1) is 0 Å². The van der Waals surface area contributed by atoms with Crippen LogP contribution < -0.4 is 10.2 Å². The van der Waals surface area contributed by atoms with Crippen LogP contribution in [-0.4, -0.2) is 105 Å². The van der Waals surface area contributed by atoms with Crippen LogP contribution in [-0.2, 0) is 37.7 Å². The van der Waals surface area contributed by atoms with Gasteiger partial charge in [0.2, 0.25) is 0 Å². The smallest absolute Gasteiger partial charge is 0.491 e. The molecule has 0 saturated carbocycles. The van der Waals surface area contributed by atoms with Gasteiger partial charge in [-0.05, 0) is 45.3 Å². The highest BCUT2D eigenvalue weighted by Crippen LogP contribution is 2.36. The third-order valence-corrected chi connectivity index (χ3v) is 5.82. The number of hydrogen-bond acceptors (Lipinski definition) is 9. The van der Waals surface area contributed by atoms with Crippen LogP contribution in [0.5, 0.6) is 5.75 Å². The van der Waals surface area contributed by atoms with E-state index in [0.29, 0.717) is 79.3 Å². The minimum Gasteiger partial charge on any atom is -0.491 e. The lowest BCUT2D eigenvalue weighted by Crippen LogP contribution is -2.41. The largest absolute Gasteiger partial charge is 0.494 e. The van der Waals surface area contributed by atoms with Crippen LogP contribution in [0.2, 0.25) is 0 Å². The van der Waals surface area contributed by atoms with Gasteiger partial charge in [-0.25, -0.2) is 0 Å². The number of benzene rings is 1. The average molecular weight is 498 g/mol. The molecule has 35 heavy (non-hydrogen) atoms. The maximum absolute atomic E-state index is 6.07. The van der Waals surface area contributed by atoms with Crippen molar-refractivity contribution in [2.24, 2.45) is 0 Å². The van der Waals surface area contributed by atoms with E-state index in [1.165, 1.54) is 0 Å². The Hall–Kier alpha value is -1.24. The van der Waals surface area contributed by atoms with E-state index >= 15 is 0 Å². The lowest BCUT2D eigenvalue weighted by Gasteiger charge is -2.32. The summed E-state index contributed by atoms with van der Waals surface area (Å²) >= 11 is 0. The van der Waals surface area contributed by atoms with Crippen LogP contribution in [0.1, 0.15) is 27.7 Å². The summed E-state index contributed by atoms with van der Waals surface area (Å²) in [5, 5.41) is 0. The third kappa shape index (κ3) is 11.6. The average Bonchev–Trinajstić information content (AvgIpc) is 3.05. The van der Waals surface area contributed by atoms with Crippen LogP contribution in [0.3, 0.4) is 0 Å². The molecule has 1 saturated heterocycles. The van der Waals surface area contributed by atoms with Gasteiger partial charge in [0, 0.05) is 7.11 Å². The van der Waals surface area contributed by atoms with E-state index in [1.807, 2.05) is 52.0 Å². The van der Waals surface area contributed by atoms with Gasteiger partial charge < -0.3 is 42.5 Å². The lowest BCUT2D eigenvalue weighted by atomic mass is 9.79. The summed E-state index contributed by atoms with van der Waals surface area (Å²) in [6.07, 6.45) is 0. The number of methoxy groups -OCH3 is 1. The minimum absolute atomic E-state index is 0.351. The number of ether oxygens (including phenoxy) is 7. The predicted molar refractivity (Wildman–Crippen MR) is 134 cm³/mol. The summed E-state index contributed by atoms with van der Waals surface area (Å²) in [5.74, 6) is 0.782.